The fraction of sp³-hybridized carbons (Fsp3) is 0.929. The average Bonchev–Trinajstić information content (AvgIpc) is 2.28. The van der Waals surface area contributed by atoms with E-state index >= 15 is 0 Å². The van der Waals surface area contributed by atoms with Crippen LogP contribution < -0.4 is 0 Å². The summed E-state index contributed by atoms with van der Waals surface area (Å²) in [5.41, 5.74) is 0. The average molecular weight is 228 g/mol. The second kappa shape index (κ2) is 12.7. The summed E-state index contributed by atoms with van der Waals surface area (Å²) < 4.78 is 4.92. The molecule has 0 atom stereocenters. The summed E-state index contributed by atoms with van der Waals surface area (Å²) in [6.45, 7) is 2.95. The largest absolute Gasteiger partial charge is 0.385 e. The first kappa shape index (κ1) is 15.6. The number of ketones is 1. The molecule has 0 saturated heterocycles. The van der Waals surface area contributed by atoms with Gasteiger partial charge < -0.3 is 4.74 Å². The molecule has 16 heavy (non-hydrogen) atoms. The second-order valence-electron chi connectivity index (χ2n) is 4.51. The highest BCUT2D eigenvalue weighted by Gasteiger charge is 2.01. The molecule has 0 N–H and O–H groups in total. The van der Waals surface area contributed by atoms with Gasteiger partial charge in [0.25, 0.3) is 0 Å². The molecule has 0 aliphatic rings. The minimum atomic E-state index is 0.408. The third-order valence-electron chi connectivity index (χ3n) is 2.86. The number of carbonyl (C=O) groups is 1. The van der Waals surface area contributed by atoms with E-state index in [1.807, 2.05) is 0 Å². The zero-order valence-corrected chi connectivity index (χ0v) is 11.1. The molecule has 2 heteroatoms. The Morgan fingerprint density at radius 1 is 0.875 bits per heavy atom. The lowest BCUT2D eigenvalue weighted by Gasteiger charge is -2.01. The first-order chi connectivity index (χ1) is 7.81. The predicted octanol–water partition coefficient (Wildman–Crippen LogP) is 4.12. The quantitative estimate of drug-likeness (QED) is 0.470. The van der Waals surface area contributed by atoms with Crippen LogP contribution in [0.3, 0.4) is 0 Å². The molecule has 2 nitrogen and oxygen atoms in total. The molecule has 0 saturated carbocycles. The van der Waals surface area contributed by atoms with E-state index in [-0.39, 0.29) is 0 Å². The molecule has 0 fully saturated rings. The fourth-order valence-corrected chi connectivity index (χ4v) is 1.82. The lowest BCUT2D eigenvalue weighted by Crippen LogP contribution is -2.00. The van der Waals surface area contributed by atoms with Gasteiger partial charge >= 0.3 is 0 Å². The summed E-state index contributed by atoms with van der Waals surface area (Å²) in [6.07, 6.45) is 11.3. The van der Waals surface area contributed by atoms with E-state index in [2.05, 4.69) is 6.92 Å². The van der Waals surface area contributed by atoms with Gasteiger partial charge in [0, 0.05) is 26.6 Å². The third-order valence-corrected chi connectivity index (χ3v) is 2.86. The Labute approximate surface area is 101 Å². The molecular weight excluding hydrogens is 200 g/mol. The number of hydrogen-bond donors (Lipinski definition) is 0. The van der Waals surface area contributed by atoms with Crippen molar-refractivity contribution in [3.63, 3.8) is 0 Å². The molecule has 0 spiro atoms. The highest BCUT2D eigenvalue weighted by molar-refractivity contribution is 5.78. The summed E-state index contributed by atoms with van der Waals surface area (Å²) in [6, 6.07) is 0. The molecule has 0 bridgehead atoms. The third kappa shape index (κ3) is 11.7. The van der Waals surface area contributed by atoms with Crippen molar-refractivity contribution in [1.82, 2.24) is 0 Å². The molecule has 0 aromatic carbocycles. The van der Waals surface area contributed by atoms with Crippen LogP contribution in [0.1, 0.15) is 71.1 Å². The molecule has 0 aromatic heterocycles. The van der Waals surface area contributed by atoms with Crippen LogP contribution in [-0.2, 0) is 9.53 Å². The first-order valence-electron chi connectivity index (χ1n) is 6.82. The topological polar surface area (TPSA) is 26.3 Å². The van der Waals surface area contributed by atoms with Gasteiger partial charge in [-0.25, -0.2) is 0 Å². The summed E-state index contributed by atoms with van der Waals surface area (Å²) in [5, 5.41) is 0. The van der Waals surface area contributed by atoms with E-state index < -0.39 is 0 Å². The van der Waals surface area contributed by atoms with Gasteiger partial charge in [-0.1, -0.05) is 45.4 Å². The summed E-state index contributed by atoms with van der Waals surface area (Å²) in [5.74, 6) is 0.408. The molecule has 0 aliphatic heterocycles. The highest BCUT2D eigenvalue weighted by Crippen LogP contribution is 2.09. The molecule has 0 aromatic rings. The number of hydrogen-bond acceptors (Lipinski definition) is 2. The maximum absolute atomic E-state index is 11.4. The van der Waals surface area contributed by atoms with Gasteiger partial charge in [0.15, 0.2) is 0 Å². The predicted molar refractivity (Wildman–Crippen MR) is 68.7 cm³/mol. The molecule has 96 valence electrons. The zero-order chi connectivity index (χ0) is 12.1. The van der Waals surface area contributed by atoms with Crippen molar-refractivity contribution in [2.45, 2.75) is 71.1 Å². The Hall–Kier alpha value is -0.370. The van der Waals surface area contributed by atoms with Crippen LogP contribution in [0.25, 0.3) is 0 Å². The molecule has 0 rings (SSSR count). The van der Waals surface area contributed by atoms with E-state index in [4.69, 9.17) is 4.74 Å². The number of Topliss-reactive ketones (excluding diaryl/α,β-unsaturated/α-hetero) is 1. The standard InChI is InChI=1S/C14H28O2/c1-3-4-5-6-7-8-9-11-14(15)12-10-13-16-2/h3-13H2,1-2H3. The Balaban J connectivity index is 3.09. The van der Waals surface area contributed by atoms with Crippen molar-refractivity contribution >= 4 is 5.78 Å². The maximum Gasteiger partial charge on any atom is 0.132 e. The molecule has 0 amide bonds. The lowest BCUT2D eigenvalue weighted by molar-refractivity contribution is -0.119. The van der Waals surface area contributed by atoms with Crippen LogP contribution >= 0.6 is 0 Å². The lowest BCUT2D eigenvalue weighted by atomic mass is 10.1. The number of methoxy groups -OCH3 is 1. The van der Waals surface area contributed by atoms with Crippen molar-refractivity contribution in [2.75, 3.05) is 13.7 Å². The van der Waals surface area contributed by atoms with Gasteiger partial charge in [0.1, 0.15) is 5.78 Å². The van der Waals surface area contributed by atoms with Crippen LogP contribution in [-0.4, -0.2) is 19.5 Å². The Bertz CT molecular complexity index is 155. The Morgan fingerprint density at radius 3 is 2.06 bits per heavy atom. The van der Waals surface area contributed by atoms with Crippen molar-refractivity contribution in [3.8, 4) is 0 Å². The summed E-state index contributed by atoms with van der Waals surface area (Å²) >= 11 is 0. The molecule has 0 aliphatic carbocycles. The maximum atomic E-state index is 11.4. The van der Waals surface area contributed by atoms with Gasteiger partial charge in [0.2, 0.25) is 0 Å². The van der Waals surface area contributed by atoms with Gasteiger partial charge in [0.05, 0.1) is 0 Å². The van der Waals surface area contributed by atoms with E-state index in [1.165, 1.54) is 38.5 Å². The van der Waals surface area contributed by atoms with Crippen LogP contribution in [0.5, 0.6) is 0 Å². The van der Waals surface area contributed by atoms with E-state index in [1.54, 1.807) is 7.11 Å². The van der Waals surface area contributed by atoms with Gasteiger partial charge in [-0.05, 0) is 12.8 Å². The van der Waals surface area contributed by atoms with Gasteiger partial charge in [-0.3, -0.25) is 4.79 Å². The summed E-state index contributed by atoms with van der Waals surface area (Å²) in [4.78, 5) is 11.4. The van der Waals surface area contributed by atoms with Crippen LogP contribution in [0.2, 0.25) is 0 Å². The van der Waals surface area contributed by atoms with Crippen molar-refractivity contribution < 1.29 is 9.53 Å². The second-order valence-corrected chi connectivity index (χ2v) is 4.51. The SMILES string of the molecule is CCCCCCCCCC(=O)CCCOC. The van der Waals surface area contributed by atoms with Crippen molar-refractivity contribution in [3.05, 3.63) is 0 Å². The Kier molecular flexibility index (Phi) is 12.4. The molecule has 0 unspecified atom stereocenters. The fourth-order valence-electron chi connectivity index (χ4n) is 1.82. The van der Waals surface area contributed by atoms with Crippen molar-refractivity contribution in [1.29, 1.82) is 0 Å². The molecule has 0 radical (unpaired) electrons. The first-order valence-corrected chi connectivity index (χ1v) is 6.82. The normalized spacial score (nSPS) is 10.6. The van der Waals surface area contributed by atoms with Crippen LogP contribution in [0.15, 0.2) is 0 Å². The van der Waals surface area contributed by atoms with Crippen molar-refractivity contribution in [2.24, 2.45) is 0 Å². The minimum Gasteiger partial charge on any atom is -0.385 e. The number of carbonyl (C=O) groups excluding carboxylic acids is 1. The van der Waals surface area contributed by atoms with Crippen LogP contribution in [0, 0.1) is 0 Å². The molecular formula is C14H28O2. The number of unbranched alkanes of at least 4 members (excludes halogenated alkanes) is 6. The van der Waals surface area contributed by atoms with Gasteiger partial charge in [-0.2, -0.15) is 0 Å². The van der Waals surface area contributed by atoms with E-state index in [0.717, 1.165) is 19.3 Å². The Morgan fingerprint density at radius 2 is 1.44 bits per heavy atom. The number of ether oxygens (including phenoxy) is 1. The van der Waals surface area contributed by atoms with Crippen LogP contribution in [0.4, 0.5) is 0 Å². The zero-order valence-electron chi connectivity index (χ0n) is 11.1. The van der Waals surface area contributed by atoms with E-state index in [0.29, 0.717) is 18.8 Å². The smallest absolute Gasteiger partial charge is 0.132 e. The highest BCUT2D eigenvalue weighted by atomic mass is 16.5. The summed E-state index contributed by atoms with van der Waals surface area (Å²) in [7, 11) is 1.68. The van der Waals surface area contributed by atoms with Gasteiger partial charge in [-0.15, -0.1) is 0 Å². The molecule has 0 heterocycles. The minimum absolute atomic E-state index is 0.408. The monoisotopic (exact) mass is 228 g/mol. The number of rotatable bonds is 12. The van der Waals surface area contributed by atoms with E-state index in [9.17, 15) is 4.79 Å².